The van der Waals surface area contributed by atoms with Crippen LogP contribution < -0.4 is 14.2 Å². The summed E-state index contributed by atoms with van der Waals surface area (Å²) >= 11 is 6.07. The zero-order valence-electron chi connectivity index (χ0n) is 36.9. The van der Waals surface area contributed by atoms with Crippen LogP contribution in [0.3, 0.4) is 0 Å². The fourth-order valence-corrected chi connectivity index (χ4v) is 7.89. The Hall–Kier alpha value is -5.66. The van der Waals surface area contributed by atoms with E-state index in [0.717, 1.165) is 29.2 Å². The van der Waals surface area contributed by atoms with Crippen LogP contribution in [-0.2, 0) is 32.8 Å². The number of nitrogens with zero attached hydrogens (tertiary/aromatic N) is 1. The van der Waals surface area contributed by atoms with Gasteiger partial charge in [0.15, 0.2) is 5.78 Å². The molecule has 1 saturated heterocycles. The van der Waals surface area contributed by atoms with Crippen molar-refractivity contribution in [1.82, 2.24) is 4.90 Å². The predicted octanol–water partition coefficient (Wildman–Crippen LogP) is 8.90. The number of rotatable bonds is 12. The van der Waals surface area contributed by atoms with Crippen LogP contribution >= 0.6 is 11.6 Å². The highest BCUT2D eigenvalue weighted by Crippen LogP contribution is 2.41. The van der Waals surface area contributed by atoms with Gasteiger partial charge in [-0.2, -0.15) is 0 Å². The van der Waals surface area contributed by atoms with Gasteiger partial charge in [-0.3, -0.25) is 4.79 Å². The molecule has 4 aromatic carbocycles. The summed E-state index contributed by atoms with van der Waals surface area (Å²) in [5, 5.41) is 37.2. The Morgan fingerprint density at radius 3 is 2.17 bits per heavy atom. The minimum Gasteiger partial charge on any atom is -0.507 e. The van der Waals surface area contributed by atoms with E-state index in [2.05, 4.69) is 55.3 Å². The number of ether oxygens (including phenoxy) is 4. The molecule has 7 rings (SSSR count). The van der Waals surface area contributed by atoms with Crippen LogP contribution in [0.15, 0.2) is 97.1 Å². The van der Waals surface area contributed by atoms with Crippen LogP contribution in [0.5, 0.6) is 23.0 Å². The number of phenols is 1. The Morgan fingerprint density at radius 2 is 1.57 bits per heavy atom. The zero-order chi connectivity index (χ0) is 46.1. The molecule has 63 heavy (non-hydrogen) atoms. The number of phenolic OH excluding ortho intramolecular Hbond substituents is 1. The maximum Gasteiger partial charge on any atom is 0.328 e. The molecule has 0 amide bonds. The fraction of sp³-hybridized carbons (Fsp3) is 0.380. The lowest BCUT2D eigenvalue weighted by atomic mass is 9.88. The Labute approximate surface area is 374 Å². The number of ketones is 1. The number of carboxylic acids is 2. The van der Waals surface area contributed by atoms with E-state index in [1.165, 1.54) is 31.0 Å². The lowest BCUT2D eigenvalue weighted by Gasteiger charge is -2.37. The van der Waals surface area contributed by atoms with Gasteiger partial charge in [0, 0.05) is 54.3 Å². The Bertz CT molecular complexity index is 2290. The average Bonchev–Trinajstić information content (AvgIpc) is 3.64. The topological polar surface area (TPSA) is 172 Å². The standard InChI is InChI=1S/C25H28O6.C21H26ClNO.C4H4O4/c1-24(2)9-8-16-20(30-24)7-6-14(23(16)29-5)11-18(26)17-10-15-12-22(28)25(3,4)31-21(15)13-19(17)27;1-21(17-7-4-3-5-8-17,18-10-12-19(22)13-11-18)24-16-14-20-9-6-15-23(20)2;5-3(6)1-2-4(7)8/h6-10,13,22,27-28H,11-12H2,1-5H3;3-5,7-8,10-13,20H,6,9,14-16H2,1-2H3;1-2H,(H,5,6)(H,7,8). The van der Waals surface area contributed by atoms with E-state index in [0.29, 0.717) is 53.0 Å². The van der Waals surface area contributed by atoms with Crippen molar-refractivity contribution >= 4 is 35.4 Å². The molecule has 1 fully saturated rings. The molecule has 3 heterocycles. The molecular weight excluding hydrogens is 826 g/mol. The number of fused-ring (bicyclic) bond motifs is 2. The largest absolute Gasteiger partial charge is 0.507 e. The Balaban J connectivity index is 0.000000207. The van der Waals surface area contributed by atoms with E-state index in [-0.39, 0.29) is 23.5 Å². The molecule has 12 nitrogen and oxygen atoms in total. The monoisotopic (exact) mass is 883 g/mol. The number of benzene rings is 4. The highest BCUT2D eigenvalue weighted by Gasteiger charge is 2.37. The molecule has 0 bridgehead atoms. The highest BCUT2D eigenvalue weighted by atomic mass is 35.5. The molecule has 3 atom stereocenters. The molecule has 0 radical (unpaired) electrons. The maximum atomic E-state index is 13.1. The average molecular weight is 884 g/mol. The van der Waals surface area contributed by atoms with Crippen molar-refractivity contribution in [2.45, 2.75) is 95.7 Å². The third-order valence-electron chi connectivity index (χ3n) is 11.5. The molecule has 4 aromatic rings. The van der Waals surface area contributed by atoms with Crippen molar-refractivity contribution < 1.29 is 53.8 Å². The molecule has 3 aliphatic rings. The van der Waals surface area contributed by atoms with Gasteiger partial charge >= 0.3 is 11.9 Å². The molecule has 336 valence electrons. The van der Waals surface area contributed by atoms with Gasteiger partial charge in [0.2, 0.25) is 0 Å². The highest BCUT2D eigenvalue weighted by molar-refractivity contribution is 6.30. The normalized spacial score (nSPS) is 19.1. The van der Waals surface area contributed by atoms with Gasteiger partial charge in [0.05, 0.1) is 24.3 Å². The molecule has 3 aliphatic heterocycles. The number of aliphatic carboxylic acids is 2. The van der Waals surface area contributed by atoms with E-state index in [9.17, 15) is 24.6 Å². The van der Waals surface area contributed by atoms with E-state index >= 15 is 0 Å². The zero-order valence-corrected chi connectivity index (χ0v) is 37.6. The van der Waals surface area contributed by atoms with E-state index in [1.807, 2.05) is 56.3 Å². The van der Waals surface area contributed by atoms with Gasteiger partial charge in [-0.1, -0.05) is 60.1 Å². The van der Waals surface area contributed by atoms with Crippen molar-refractivity contribution in [2.24, 2.45) is 0 Å². The van der Waals surface area contributed by atoms with Crippen molar-refractivity contribution in [2.75, 3.05) is 27.3 Å². The summed E-state index contributed by atoms with van der Waals surface area (Å²) in [4.78, 5) is 34.7. The van der Waals surface area contributed by atoms with Crippen LogP contribution in [0.4, 0.5) is 0 Å². The summed E-state index contributed by atoms with van der Waals surface area (Å²) in [6.07, 6.45) is 8.37. The predicted molar refractivity (Wildman–Crippen MR) is 242 cm³/mol. The number of Topliss-reactive ketones (excluding diaryl/α,β-unsaturated/α-hetero) is 1. The smallest absolute Gasteiger partial charge is 0.328 e. The lowest BCUT2D eigenvalue weighted by molar-refractivity contribution is -0.134. The summed E-state index contributed by atoms with van der Waals surface area (Å²) in [6, 6.07) is 25.8. The third kappa shape index (κ3) is 12.5. The molecule has 13 heteroatoms. The van der Waals surface area contributed by atoms with Crippen LogP contribution in [-0.4, -0.2) is 93.7 Å². The minimum absolute atomic E-state index is 0.0505. The van der Waals surface area contributed by atoms with Crippen LogP contribution in [0.1, 0.15) is 92.1 Å². The van der Waals surface area contributed by atoms with E-state index in [4.69, 9.17) is 40.8 Å². The van der Waals surface area contributed by atoms with Gasteiger partial charge in [0.1, 0.15) is 39.8 Å². The number of halogens is 1. The molecule has 0 aromatic heterocycles. The second-order valence-corrected chi connectivity index (χ2v) is 17.5. The minimum atomic E-state index is -1.26. The quantitative estimate of drug-likeness (QED) is 0.0788. The van der Waals surface area contributed by atoms with Crippen molar-refractivity contribution in [3.63, 3.8) is 0 Å². The number of hydrogen-bond acceptors (Lipinski definition) is 10. The van der Waals surface area contributed by atoms with Crippen LogP contribution in [0, 0.1) is 0 Å². The Kier molecular flexibility index (Phi) is 15.9. The number of aliphatic hydroxyl groups is 1. The lowest BCUT2D eigenvalue weighted by Crippen LogP contribution is -2.46. The molecular formula is C50H58ClNO11. The number of methoxy groups -OCH3 is 1. The molecule has 3 unspecified atom stereocenters. The van der Waals surface area contributed by atoms with Gasteiger partial charge in [-0.05, 0) is 121 Å². The summed E-state index contributed by atoms with van der Waals surface area (Å²) in [7, 11) is 3.78. The third-order valence-corrected chi connectivity index (χ3v) is 11.7. The molecule has 0 spiro atoms. The van der Waals surface area contributed by atoms with Crippen LogP contribution in [0.25, 0.3) is 6.08 Å². The van der Waals surface area contributed by atoms with Gasteiger partial charge < -0.3 is 44.3 Å². The summed E-state index contributed by atoms with van der Waals surface area (Å²) in [5.74, 6) is -1.14. The van der Waals surface area contributed by atoms with E-state index < -0.39 is 34.8 Å². The SMILES string of the molecule is CN1CCCC1CCOC(C)(c1ccccc1)c1ccc(Cl)cc1.COc1c(CC(=O)c2cc3c(cc2O)OC(C)(C)C(O)C3)ccc2c1C=CC(C)(C)O2.O=C(O)C=CC(=O)O. The first kappa shape index (κ1) is 48.4. The summed E-state index contributed by atoms with van der Waals surface area (Å²) < 4.78 is 23.9. The number of carboxylic acid groups (broad SMARTS) is 2. The van der Waals surface area contributed by atoms with Crippen LogP contribution in [0.2, 0.25) is 5.02 Å². The number of carbonyl (C=O) groups excluding carboxylic acids is 1. The van der Waals surface area contributed by atoms with Crippen molar-refractivity contribution in [3.8, 4) is 23.0 Å². The summed E-state index contributed by atoms with van der Waals surface area (Å²) in [5.41, 5.74) is 3.07. The Morgan fingerprint density at radius 1 is 0.921 bits per heavy atom. The number of aromatic hydroxyl groups is 1. The fourth-order valence-electron chi connectivity index (χ4n) is 7.76. The van der Waals surface area contributed by atoms with Gasteiger partial charge in [-0.25, -0.2) is 9.59 Å². The number of aliphatic hydroxyl groups excluding tert-OH is 1. The molecule has 4 N–H and O–H groups in total. The first-order valence-corrected chi connectivity index (χ1v) is 21.2. The second-order valence-electron chi connectivity index (χ2n) is 17.0. The number of hydrogen-bond donors (Lipinski definition) is 4. The van der Waals surface area contributed by atoms with Crippen molar-refractivity contribution in [3.05, 3.63) is 135 Å². The molecule has 0 aliphatic carbocycles. The first-order chi connectivity index (χ1) is 29.7. The van der Waals surface area contributed by atoms with Gasteiger partial charge in [0.25, 0.3) is 0 Å². The first-order valence-electron chi connectivity index (χ1n) is 20.9. The van der Waals surface area contributed by atoms with Gasteiger partial charge in [-0.15, -0.1) is 0 Å². The van der Waals surface area contributed by atoms with Crippen molar-refractivity contribution in [1.29, 1.82) is 0 Å². The summed E-state index contributed by atoms with van der Waals surface area (Å²) in [6.45, 7) is 11.6. The maximum absolute atomic E-state index is 13.1. The second kappa shape index (κ2) is 20.7. The molecule has 0 saturated carbocycles. The number of likely N-dealkylation sites (tertiary alicyclic amines) is 1. The van der Waals surface area contributed by atoms with E-state index in [1.54, 1.807) is 27.0 Å². The number of carbonyl (C=O) groups is 3.